The molecule has 5 heterocycles. The highest BCUT2D eigenvalue weighted by molar-refractivity contribution is 7.52. The third kappa shape index (κ3) is 7.95. The number of nitrogens with zero attached hydrogens (tertiary/aromatic N) is 4. The van der Waals surface area contributed by atoms with Crippen LogP contribution in [0.1, 0.15) is 98.4 Å². The zero-order chi connectivity index (χ0) is 39.3. The summed E-state index contributed by atoms with van der Waals surface area (Å²) in [5.41, 5.74) is -4.51. The Bertz CT molecular complexity index is 2000. The smallest absolute Gasteiger partial charge is 0.340 e. The lowest BCUT2D eigenvalue weighted by molar-refractivity contribution is -0.151. The maximum Gasteiger partial charge on any atom is 0.399 e. The normalized spacial score (nSPS) is 23.3. The summed E-state index contributed by atoms with van der Waals surface area (Å²) in [6.45, 7) is 5.54. The molecule has 3 aliphatic heterocycles. The fraction of sp³-hybridized carbons (Fsp3) is 0.564. The maximum atomic E-state index is 14.6. The van der Waals surface area contributed by atoms with Crippen LogP contribution in [-0.4, -0.2) is 97.4 Å². The van der Waals surface area contributed by atoms with Gasteiger partial charge in [0.2, 0.25) is 17.7 Å². The fourth-order valence-corrected chi connectivity index (χ4v) is 10.3. The Labute approximate surface area is 322 Å². The average Bonchev–Trinajstić information content (AvgIpc) is 3.75. The van der Waals surface area contributed by atoms with Crippen LogP contribution in [0.4, 0.5) is 8.78 Å². The zero-order valence-corrected chi connectivity index (χ0v) is 32.7. The van der Waals surface area contributed by atoms with Gasteiger partial charge in [0.1, 0.15) is 12.1 Å². The molecule has 16 heteroatoms. The van der Waals surface area contributed by atoms with Crippen LogP contribution in [0.2, 0.25) is 0 Å². The third-order valence-electron chi connectivity index (χ3n) is 12.3. The summed E-state index contributed by atoms with van der Waals surface area (Å²) < 4.78 is 41.0. The number of halogens is 2. The molecule has 296 valence electrons. The van der Waals surface area contributed by atoms with E-state index in [4.69, 9.17) is 0 Å². The first-order valence-electron chi connectivity index (χ1n) is 19.1. The standard InChI is InChI=1S/C39H48F2N5O7PS/c1-38(2,27-8-4-3-5-9-27)19-34(47)44-16-14-29-11-12-31(37(50)45-21-26(22-45)24-7-6-15-42-20-24)46(29)36(49)30(23-44)43-35(48)33-18-25-17-28(10-13-32(25)55-33)39(40,41)54(51,52)53/h6-7,10,13,15,17-18,20,26-27,29-31H,3-5,8-9,11-12,14,16,19,21-23H2,1-2H3,(H,43,48)(H2,51,52,53)/t29-,30+,31+/m1/s1. The van der Waals surface area contributed by atoms with Crippen LogP contribution in [0.5, 0.6) is 0 Å². The number of benzene rings is 1. The molecule has 0 radical (unpaired) electrons. The van der Waals surface area contributed by atoms with Crippen molar-refractivity contribution in [3.05, 3.63) is 64.8 Å². The first kappa shape index (κ1) is 39.5. The largest absolute Gasteiger partial charge is 0.399 e. The Morgan fingerprint density at radius 3 is 2.42 bits per heavy atom. The van der Waals surface area contributed by atoms with Crippen LogP contribution in [0, 0.1) is 11.3 Å². The number of carbonyl (C=O) groups is 4. The number of nitrogens with one attached hydrogen (secondary N) is 1. The summed E-state index contributed by atoms with van der Waals surface area (Å²) in [5, 5.41) is 3.01. The van der Waals surface area contributed by atoms with Crippen molar-refractivity contribution >= 4 is 52.6 Å². The number of aromatic nitrogens is 1. The van der Waals surface area contributed by atoms with Gasteiger partial charge < -0.3 is 29.8 Å². The van der Waals surface area contributed by atoms with E-state index in [0.717, 1.165) is 54.7 Å². The number of rotatable bonds is 9. The van der Waals surface area contributed by atoms with Crippen molar-refractivity contribution in [3.8, 4) is 0 Å². The van der Waals surface area contributed by atoms with Gasteiger partial charge >= 0.3 is 13.3 Å². The first-order valence-corrected chi connectivity index (χ1v) is 21.5. The molecule has 0 bridgehead atoms. The van der Waals surface area contributed by atoms with Crippen LogP contribution in [0.15, 0.2) is 48.8 Å². The van der Waals surface area contributed by atoms with Crippen LogP contribution < -0.4 is 5.32 Å². The number of hydrogen-bond acceptors (Lipinski definition) is 7. The highest BCUT2D eigenvalue weighted by Crippen LogP contribution is 2.59. The Morgan fingerprint density at radius 1 is 0.982 bits per heavy atom. The van der Waals surface area contributed by atoms with E-state index in [1.807, 2.05) is 12.1 Å². The second-order valence-electron chi connectivity index (χ2n) is 16.3. The molecule has 3 N–H and O–H groups in total. The first-order chi connectivity index (χ1) is 26.0. The molecule has 4 fully saturated rings. The van der Waals surface area contributed by atoms with Gasteiger partial charge in [-0.15, -0.1) is 11.3 Å². The van der Waals surface area contributed by atoms with Crippen LogP contribution >= 0.6 is 18.9 Å². The SMILES string of the molecule is CC(C)(CC(=O)N1CC[C@H]2CC[C@@H](C(=O)N3CC(c4cccnc4)C3)N2C(=O)[C@@H](NC(=O)c2cc3cc(C(F)(F)P(=O)(O)O)ccc3s2)C1)C1CCCCC1. The van der Waals surface area contributed by atoms with Crippen molar-refractivity contribution < 1.29 is 42.3 Å². The van der Waals surface area contributed by atoms with Crippen LogP contribution in [0.25, 0.3) is 10.1 Å². The minimum atomic E-state index is -5.81. The number of hydrogen-bond donors (Lipinski definition) is 3. The van der Waals surface area contributed by atoms with E-state index in [2.05, 4.69) is 24.1 Å². The quantitative estimate of drug-likeness (QED) is 0.228. The van der Waals surface area contributed by atoms with Crippen molar-refractivity contribution in [1.29, 1.82) is 0 Å². The van der Waals surface area contributed by atoms with Crippen LogP contribution in [-0.2, 0) is 24.6 Å². The van der Waals surface area contributed by atoms with Gasteiger partial charge in [0, 0.05) is 67.2 Å². The van der Waals surface area contributed by atoms with E-state index in [9.17, 15) is 42.3 Å². The van der Waals surface area contributed by atoms with E-state index in [1.165, 1.54) is 18.6 Å². The molecule has 4 amide bonds. The van der Waals surface area contributed by atoms with Gasteiger partial charge in [-0.05, 0) is 78.7 Å². The highest BCUT2D eigenvalue weighted by atomic mass is 32.1. The number of pyridine rings is 1. The van der Waals surface area contributed by atoms with Gasteiger partial charge in [0.15, 0.2) is 0 Å². The van der Waals surface area contributed by atoms with Crippen LogP contribution in [0.3, 0.4) is 0 Å². The maximum absolute atomic E-state index is 14.6. The lowest BCUT2D eigenvalue weighted by atomic mass is 9.69. The van der Waals surface area contributed by atoms with E-state index < -0.39 is 42.7 Å². The van der Waals surface area contributed by atoms with E-state index in [1.54, 1.807) is 27.1 Å². The van der Waals surface area contributed by atoms with Gasteiger partial charge in [-0.3, -0.25) is 28.7 Å². The molecule has 7 rings (SSSR count). The second-order valence-corrected chi connectivity index (χ2v) is 19.1. The predicted octanol–water partition coefficient (Wildman–Crippen LogP) is 5.84. The molecule has 0 unspecified atom stereocenters. The number of carbonyl (C=O) groups excluding carboxylic acids is 4. The lowest BCUT2D eigenvalue weighted by Crippen LogP contribution is -2.62. The van der Waals surface area contributed by atoms with E-state index >= 15 is 0 Å². The van der Waals surface area contributed by atoms with Gasteiger partial charge in [-0.2, -0.15) is 8.78 Å². The Hall–Kier alpha value is -3.78. The summed E-state index contributed by atoms with van der Waals surface area (Å²) >= 11 is 0.978. The molecule has 4 aliphatic rings. The number of likely N-dealkylation sites (tertiary alicyclic amines) is 1. The highest BCUT2D eigenvalue weighted by Gasteiger charge is 2.51. The van der Waals surface area contributed by atoms with Gasteiger partial charge in [-0.1, -0.05) is 45.2 Å². The Balaban J connectivity index is 1.13. The summed E-state index contributed by atoms with van der Waals surface area (Å²) in [5.74, 6) is -0.794. The van der Waals surface area contributed by atoms with Gasteiger partial charge in [0.25, 0.3) is 5.91 Å². The predicted molar refractivity (Wildman–Crippen MR) is 202 cm³/mol. The summed E-state index contributed by atoms with van der Waals surface area (Å²) in [6.07, 6.45) is 10.9. The third-order valence-corrected chi connectivity index (χ3v) is 14.4. The lowest BCUT2D eigenvalue weighted by Gasteiger charge is -2.44. The average molecular weight is 800 g/mol. The fourth-order valence-electron chi connectivity index (χ4n) is 8.92. The molecule has 0 spiro atoms. The molecular formula is C39H48F2N5O7PS. The van der Waals surface area contributed by atoms with Crippen molar-refractivity contribution in [2.45, 2.75) is 101 Å². The molecule has 1 aliphatic carbocycles. The monoisotopic (exact) mass is 799 g/mol. The summed E-state index contributed by atoms with van der Waals surface area (Å²) in [4.78, 5) is 84.4. The minimum absolute atomic E-state index is 0.0884. The number of thiophene rings is 1. The van der Waals surface area contributed by atoms with Gasteiger partial charge in [0.05, 0.1) is 4.88 Å². The second kappa shape index (κ2) is 15.3. The number of amides is 4. The number of alkyl halides is 2. The molecule has 1 saturated carbocycles. The molecule has 1 aromatic carbocycles. The van der Waals surface area contributed by atoms with E-state index in [-0.39, 0.29) is 46.0 Å². The summed E-state index contributed by atoms with van der Waals surface area (Å²) in [6, 6.07) is 6.10. The number of fused-ring (bicyclic) bond motifs is 2. The molecule has 3 aromatic rings. The van der Waals surface area contributed by atoms with Crippen molar-refractivity contribution in [1.82, 2.24) is 25.0 Å². The molecule has 3 atom stereocenters. The molecular weight excluding hydrogens is 751 g/mol. The Kier molecular flexibility index (Phi) is 11.0. The Morgan fingerprint density at radius 2 is 1.73 bits per heavy atom. The van der Waals surface area contributed by atoms with E-state index in [0.29, 0.717) is 55.9 Å². The summed E-state index contributed by atoms with van der Waals surface area (Å²) in [7, 11) is -5.81. The molecule has 3 saturated heterocycles. The minimum Gasteiger partial charge on any atom is -0.340 e. The molecule has 12 nitrogen and oxygen atoms in total. The molecule has 55 heavy (non-hydrogen) atoms. The van der Waals surface area contributed by atoms with Crippen molar-refractivity contribution in [2.24, 2.45) is 11.3 Å². The van der Waals surface area contributed by atoms with Gasteiger partial charge in [-0.25, -0.2) is 0 Å². The molecule has 2 aromatic heterocycles. The van der Waals surface area contributed by atoms with Crippen molar-refractivity contribution in [3.63, 3.8) is 0 Å². The van der Waals surface area contributed by atoms with Crippen molar-refractivity contribution in [2.75, 3.05) is 26.2 Å². The topological polar surface area (TPSA) is 160 Å². The zero-order valence-electron chi connectivity index (χ0n) is 31.0.